The first kappa shape index (κ1) is 18.5. The second kappa shape index (κ2) is 8.85. The number of benzene rings is 1. The lowest BCUT2D eigenvalue weighted by atomic mass is 10.0. The fourth-order valence-electron chi connectivity index (χ4n) is 3.29. The number of aromatic amines is 1. The fourth-order valence-corrected chi connectivity index (χ4v) is 3.29. The molecule has 0 bridgehead atoms. The average molecular weight is 355 g/mol. The minimum absolute atomic E-state index is 0.489. The quantitative estimate of drug-likeness (QED) is 0.638. The molecule has 1 atom stereocenters. The first-order chi connectivity index (χ1) is 12.7. The van der Waals surface area contributed by atoms with Gasteiger partial charge in [-0.15, -0.1) is 0 Å². The minimum Gasteiger partial charge on any atom is -0.356 e. The number of aliphatic imine (C=N–C) groups is 1. The number of hydrogen-bond acceptors (Lipinski definition) is 3. The van der Waals surface area contributed by atoms with Crippen molar-refractivity contribution in [2.24, 2.45) is 10.9 Å². The summed E-state index contributed by atoms with van der Waals surface area (Å²) in [5, 5.41) is 11.2. The van der Waals surface area contributed by atoms with Crippen LogP contribution in [0.25, 0.3) is 11.3 Å². The molecule has 1 saturated heterocycles. The van der Waals surface area contributed by atoms with Crippen LogP contribution in [-0.4, -0.2) is 72.8 Å². The molecule has 1 aliphatic heterocycles. The fraction of sp³-hybridized carbons (Fsp3) is 0.500. The van der Waals surface area contributed by atoms with E-state index in [0.29, 0.717) is 5.92 Å². The van der Waals surface area contributed by atoms with E-state index in [1.165, 1.54) is 5.69 Å². The van der Waals surface area contributed by atoms with Gasteiger partial charge in [-0.1, -0.05) is 37.3 Å². The molecule has 140 valence electrons. The van der Waals surface area contributed by atoms with Crippen LogP contribution in [0.15, 0.2) is 41.4 Å². The van der Waals surface area contributed by atoms with Gasteiger partial charge in [-0.2, -0.15) is 5.10 Å². The maximum absolute atomic E-state index is 4.45. The van der Waals surface area contributed by atoms with Crippen molar-refractivity contribution in [3.8, 4) is 11.3 Å². The second-order valence-corrected chi connectivity index (χ2v) is 7.17. The van der Waals surface area contributed by atoms with Crippen molar-refractivity contribution < 1.29 is 0 Å². The van der Waals surface area contributed by atoms with Crippen molar-refractivity contribution >= 4 is 5.96 Å². The third-order valence-electron chi connectivity index (χ3n) is 4.89. The Balaban J connectivity index is 1.49. The first-order valence-corrected chi connectivity index (χ1v) is 9.39. The first-order valence-electron chi connectivity index (χ1n) is 9.39. The summed E-state index contributed by atoms with van der Waals surface area (Å²) in [7, 11) is 4.04. The number of piperazine rings is 1. The van der Waals surface area contributed by atoms with E-state index < -0.39 is 0 Å². The van der Waals surface area contributed by atoms with Crippen LogP contribution in [0, 0.1) is 5.92 Å². The molecule has 1 fully saturated rings. The van der Waals surface area contributed by atoms with Gasteiger partial charge in [0, 0.05) is 51.0 Å². The van der Waals surface area contributed by atoms with Crippen LogP contribution in [0.1, 0.15) is 12.6 Å². The molecule has 1 aromatic carbocycles. The van der Waals surface area contributed by atoms with Crippen molar-refractivity contribution in [1.82, 2.24) is 25.3 Å². The zero-order valence-electron chi connectivity index (χ0n) is 16.1. The van der Waals surface area contributed by atoms with Crippen LogP contribution in [0.5, 0.6) is 0 Å². The highest BCUT2D eigenvalue weighted by Crippen LogP contribution is 2.18. The number of H-pyrrole nitrogens is 1. The number of guanidine groups is 1. The molecule has 0 aliphatic carbocycles. The second-order valence-electron chi connectivity index (χ2n) is 7.17. The predicted molar refractivity (Wildman–Crippen MR) is 107 cm³/mol. The van der Waals surface area contributed by atoms with E-state index >= 15 is 0 Å². The summed E-state index contributed by atoms with van der Waals surface area (Å²) >= 11 is 0. The molecule has 3 rings (SSSR count). The molecule has 0 radical (unpaired) electrons. The molecule has 26 heavy (non-hydrogen) atoms. The third kappa shape index (κ3) is 4.85. The number of aromatic nitrogens is 2. The van der Waals surface area contributed by atoms with E-state index in [2.05, 4.69) is 62.5 Å². The molecule has 1 unspecified atom stereocenters. The highest BCUT2D eigenvalue weighted by molar-refractivity contribution is 5.80. The zero-order chi connectivity index (χ0) is 18.4. The van der Waals surface area contributed by atoms with Crippen LogP contribution >= 0.6 is 0 Å². The summed E-state index contributed by atoms with van der Waals surface area (Å²) in [6, 6.07) is 12.4. The van der Waals surface area contributed by atoms with Crippen molar-refractivity contribution in [2.45, 2.75) is 13.3 Å². The van der Waals surface area contributed by atoms with Gasteiger partial charge < -0.3 is 15.1 Å². The Labute approximate surface area is 156 Å². The van der Waals surface area contributed by atoms with Gasteiger partial charge in [0.15, 0.2) is 5.96 Å². The normalized spacial score (nSPS) is 17.3. The van der Waals surface area contributed by atoms with Gasteiger partial charge in [0.25, 0.3) is 0 Å². The van der Waals surface area contributed by atoms with E-state index in [4.69, 9.17) is 0 Å². The van der Waals surface area contributed by atoms with Gasteiger partial charge in [0.05, 0.1) is 5.69 Å². The Hall–Kier alpha value is -2.34. The maximum Gasteiger partial charge on any atom is 0.193 e. The van der Waals surface area contributed by atoms with Crippen molar-refractivity contribution in [3.63, 3.8) is 0 Å². The summed E-state index contributed by atoms with van der Waals surface area (Å²) in [4.78, 5) is 9.15. The Morgan fingerprint density at radius 3 is 2.65 bits per heavy atom. The lowest BCUT2D eigenvalue weighted by molar-refractivity contribution is 0.211. The van der Waals surface area contributed by atoms with Gasteiger partial charge in [-0.25, -0.2) is 0 Å². The van der Waals surface area contributed by atoms with E-state index in [1.54, 1.807) is 0 Å². The molecule has 1 aromatic heterocycles. The van der Waals surface area contributed by atoms with Crippen LogP contribution < -0.4 is 5.32 Å². The van der Waals surface area contributed by atoms with Gasteiger partial charge >= 0.3 is 0 Å². The number of nitrogens with one attached hydrogen (secondary N) is 2. The smallest absolute Gasteiger partial charge is 0.193 e. The Morgan fingerprint density at radius 1 is 1.23 bits per heavy atom. The van der Waals surface area contributed by atoms with Gasteiger partial charge in [0.2, 0.25) is 0 Å². The van der Waals surface area contributed by atoms with E-state index in [0.717, 1.165) is 56.4 Å². The van der Waals surface area contributed by atoms with Crippen LogP contribution in [0.3, 0.4) is 0 Å². The molecule has 2 heterocycles. The van der Waals surface area contributed by atoms with E-state index in [9.17, 15) is 0 Å². The van der Waals surface area contributed by atoms with Crippen molar-refractivity contribution in [3.05, 3.63) is 42.1 Å². The molecule has 0 saturated carbocycles. The van der Waals surface area contributed by atoms with Gasteiger partial charge in [-0.3, -0.25) is 10.1 Å². The molecule has 6 nitrogen and oxygen atoms in total. The number of nitrogens with zero attached hydrogens (tertiary/aromatic N) is 4. The maximum atomic E-state index is 4.45. The topological polar surface area (TPSA) is 59.6 Å². The highest BCUT2D eigenvalue weighted by atomic mass is 15.3. The molecular weight excluding hydrogens is 324 g/mol. The number of rotatable bonds is 5. The van der Waals surface area contributed by atoms with E-state index in [-0.39, 0.29) is 0 Å². The van der Waals surface area contributed by atoms with Gasteiger partial charge in [0.1, 0.15) is 0 Å². The summed E-state index contributed by atoms with van der Waals surface area (Å²) in [5.41, 5.74) is 3.33. The summed E-state index contributed by atoms with van der Waals surface area (Å²) in [6.07, 6.45) is 0.965. The predicted octanol–water partition coefficient (Wildman–Crippen LogP) is 2.08. The lowest BCUT2D eigenvalue weighted by Gasteiger charge is -2.34. The van der Waals surface area contributed by atoms with Crippen molar-refractivity contribution in [2.75, 3.05) is 46.8 Å². The molecule has 1 aliphatic rings. The Morgan fingerprint density at radius 2 is 1.96 bits per heavy atom. The zero-order valence-corrected chi connectivity index (χ0v) is 16.1. The standard InChI is InChI=1S/C20H30N6/c1-16(15-22-20(21-2)26-11-9-25(3)10-12-26)13-18-14-19(24-23-18)17-7-5-4-6-8-17/h4-8,14,16H,9-13,15H2,1-3H3,(H,21,22)(H,23,24). The largest absolute Gasteiger partial charge is 0.356 e. The number of hydrogen-bond donors (Lipinski definition) is 2. The van der Waals surface area contributed by atoms with Crippen molar-refractivity contribution in [1.29, 1.82) is 0 Å². The number of likely N-dealkylation sites (N-methyl/N-ethyl adjacent to an activating group) is 1. The Bertz CT molecular complexity index is 700. The van der Waals surface area contributed by atoms with E-state index in [1.807, 2.05) is 25.2 Å². The SMILES string of the molecule is CN=C(NCC(C)Cc1cc(-c2ccccc2)n[nH]1)N1CCN(C)CC1. The van der Waals surface area contributed by atoms with Crippen LogP contribution in [0.2, 0.25) is 0 Å². The summed E-state index contributed by atoms with van der Waals surface area (Å²) < 4.78 is 0. The highest BCUT2D eigenvalue weighted by Gasteiger charge is 2.17. The molecular formula is C20H30N6. The monoisotopic (exact) mass is 354 g/mol. The summed E-state index contributed by atoms with van der Waals surface area (Å²) in [6.45, 7) is 7.41. The summed E-state index contributed by atoms with van der Waals surface area (Å²) in [5.74, 6) is 1.50. The average Bonchev–Trinajstić information content (AvgIpc) is 3.13. The lowest BCUT2D eigenvalue weighted by Crippen LogP contribution is -2.52. The molecule has 2 N–H and O–H groups in total. The Kier molecular flexibility index (Phi) is 6.28. The van der Waals surface area contributed by atoms with Crippen LogP contribution in [0.4, 0.5) is 0 Å². The molecule has 0 spiro atoms. The minimum atomic E-state index is 0.489. The van der Waals surface area contributed by atoms with Crippen LogP contribution in [-0.2, 0) is 6.42 Å². The molecule has 0 amide bonds. The third-order valence-corrected chi connectivity index (χ3v) is 4.89. The molecule has 2 aromatic rings. The molecule has 6 heteroatoms. The van der Waals surface area contributed by atoms with Gasteiger partial charge in [-0.05, 0) is 25.5 Å².